The second-order valence-electron chi connectivity index (χ2n) is 6.79. The molecule has 0 saturated carbocycles. The molecule has 0 aliphatic carbocycles. The number of imide groups is 1. The molecule has 0 radical (unpaired) electrons. The van der Waals surface area contributed by atoms with Crippen LogP contribution in [0.1, 0.15) is 12.0 Å². The van der Waals surface area contributed by atoms with Crippen LogP contribution in [0.5, 0.6) is 11.5 Å². The quantitative estimate of drug-likeness (QED) is 0.429. The van der Waals surface area contributed by atoms with Gasteiger partial charge in [-0.15, -0.1) is 0 Å². The number of methoxy groups -OCH3 is 2. The van der Waals surface area contributed by atoms with E-state index in [0.29, 0.717) is 47.2 Å². The van der Waals surface area contributed by atoms with Gasteiger partial charge in [0.2, 0.25) is 0 Å². The Labute approximate surface area is 190 Å². The fraction of sp³-hybridized carbons (Fsp3) is 0.261. The van der Waals surface area contributed by atoms with Crippen molar-refractivity contribution in [1.82, 2.24) is 4.90 Å². The van der Waals surface area contributed by atoms with Crippen molar-refractivity contribution in [3.05, 3.63) is 59.0 Å². The first-order valence-electron chi connectivity index (χ1n) is 9.92. The number of amides is 3. The van der Waals surface area contributed by atoms with Gasteiger partial charge < -0.3 is 19.5 Å². The molecule has 2 aromatic carbocycles. The van der Waals surface area contributed by atoms with Gasteiger partial charge in [0.15, 0.2) is 18.1 Å². The molecule has 1 N–H and O–H groups in total. The molecule has 32 heavy (non-hydrogen) atoms. The van der Waals surface area contributed by atoms with Crippen LogP contribution in [0, 0.1) is 0 Å². The number of para-hydroxylation sites is 1. The zero-order valence-corrected chi connectivity index (χ0v) is 18.6. The van der Waals surface area contributed by atoms with Crippen LogP contribution >= 0.6 is 11.8 Å². The lowest BCUT2D eigenvalue weighted by molar-refractivity contribution is -0.123. The van der Waals surface area contributed by atoms with E-state index in [2.05, 4.69) is 5.32 Å². The molecule has 0 unspecified atom stereocenters. The number of carbonyl (C=O) groups is 3. The number of carbonyl (C=O) groups excluding carboxylic acids is 3. The summed E-state index contributed by atoms with van der Waals surface area (Å²) in [5, 5.41) is 2.44. The molecular weight excluding hydrogens is 432 g/mol. The van der Waals surface area contributed by atoms with Gasteiger partial charge in [0.05, 0.1) is 12.0 Å². The minimum absolute atomic E-state index is 0.190. The number of ether oxygens (including phenoxy) is 3. The van der Waals surface area contributed by atoms with Crippen molar-refractivity contribution in [1.29, 1.82) is 0 Å². The van der Waals surface area contributed by atoms with Gasteiger partial charge in [-0.2, -0.15) is 0 Å². The summed E-state index contributed by atoms with van der Waals surface area (Å²) >= 11 is 0.900. The van der Waals surface area contributed by atoms with E-state index in [9.17, 15) is 14.4 Å². The maximum atomic E-state index is 12.5. The van der Waals surface area contributed by atoms with E-state index in [-0.39, 0.29) is 23.7 Å². The van der Waals surface area contributed by atoms with Gasteiger partial charge in [0.25, 0.3) is 17.1 Å². The molecule has 0 spiro atoms. The largest absolute Gasteiger partial charge is 0.493 e. The van der Waals surface area contributed by atoms with Gasteiger partial charge in [0.1, 0.15) is 0 Å². The smallest absolute Gasteiger partial charge is 0.293 e. The SMILES string of the molecule is COCCCN1C(=O)S/C(=C/c2ccc(OCC(=O)Nc3ccccc3)c(OC)c2)C1=O. The van der Waals surface area contributed by atoms with Crippen molar-refractivity contribution < 1.29 is 28.6 Å². The van der Waals surface area contributed by atoms with Gasteiger partial charge in [-0.05, 0) is 54.1 Å². The van der Waals surface area contributed by atoms with Crippen molar-refractivity contribution >= 4 is 40.6 Å². The molecule has 1 aliphatic heterocycles. The van der Waals surface area contributed by atoms with E-state index in [1.165, 1.54) is 12.0 Å². The van der Waals surface area contributed by atoms with Gasteiger partial charge >= 0.3 is 0 Å². The molecule has 2 aromatic rings. The number of benzene rings is 2. The maximum absolute atomic E-state index is 12.5. The first-order valence-corrected chi connectivity index (χ1v) is 10.7. The topological polar surface area (TPSA) is 94.2 Å². The summed E-state index contributed by atoms with van der Waals surface area (Å²) in [6.07, 6.45) is 2.22. The zero-order valence-electron chi connectivity index (χ0n) is 17.8. The normalized spacial score (nSPS) is 14.7. The number of hydrogen-bond acceptors (Lipinski definition) is 7. The highest BCUT2D eigenvalue weighted by Gasteiger charge is 2.34. The molecule has 1 fully saturated rings. The molecule has 1 heterocycles. The standard InChI is InChI=1S/C23H24N2O6S/c1-29-12-6-11-25-22(27)20(32-23(25)28)14-16-9-10-18(19(13-16)30-2)31-15-21(26)24-17-7-4-3-5-8-17/h3-5,7-10,13-14H,6,11-12,15H2,1-2H3,(H,24,26)/b20-14+. The van der Waals surface area contributed by atoms with Crippen molar-refractivity contribution in [3.63, 3.8) is 0 Å². The molecule has 8 nitrogen and oxygen atoms in total. The Bertz CT molecular complexity index is 1010. The monoisotopic (exact) mass is 456 g/mol. The Kier molecular flexibility index (Phi) is 8.29. The number of nitrogens with one attached hydrogen (secondary N) is 1. The third-order valence-corrected chi connectivity index (χ3v) is 5.41. The number of anilines is 1. The first kappa shape index (κ1) is 23.4. The van der Waals surface area contributed by atoms with Gasteiger partial charge in [-0.3, -0.25) is 19.3 Å². The molecule has 3 rings (SSSR count). The lowest BCUT2D eigenvalue weighted by atomic mass is 10.2. The number of nitrogens with zero attached hydrogens (tertiary/aromatic N) is 1. The average Bonchev–Trinajstić information content (AvgIpc) is 3.06. The minimum atomic E-state index is -0.326. The van der Waals surface area contributed by atoms with E-state index >= 15 is 0 Å². The van der Waals surface area contributed by atoms with Crippen molar-refractivity contribution in [2.75, 3.05) is 39.3 Å². The molecule has 168 valence electrons. The molecule has 0 bridgehead atoms. The number of hydrogen-bond donors (Lipinski definition) is 1. The predicted octanol–water partition coefficient (Wildman–Crippen LogP) is 3.79. The van der Waals surface area contributed by atoms with Crippen LogP contribution in [-0.2, 0) is 14.3 Å². The van der Waals surface area contributed by atoms with E-state index < -0.39 is 0 Å². The highest BCUT2D eigenvalue weighted by atomic mass is 32.2. The first-order chi connectivity index (χ1) is 15.5. The van der Waals surface area contributed by atoms with E-state index in [0.717, 1.165) is 11.8 Å². The number of thioether (sulfide) groups is 1. The fourth-order valence-electron chi connectivity index (χ4n) is 2.97. The summed E-state index contributed by atoms with van der Waals surface area (Å²) in [5.74, 6) is 0.170. The van der Waals surface area contributed by atoms with Gasteiger partial charge in [0, 0.05) is 25.9 Å². The lowest BCUT2D eigenvalue weighted by Crippen LogP contribution is -2.29. The molecule has 1 saturated heterocycles. The van der Waals surface area contributed by atoms with Crippen LogP contribution in [-0.4, -0.2) is 55.9 Å². The maximum Gasteiger partial charge on any atom is 0.293 e. The van der Waals surface area contributed by atoms with E-state index in [1.807, 2.05) is 18.2 Å². The molecule has 0 atom stereocenters. The minimum Gasteiger partial charge on any atom is -0.493 e. The average molecular weight is 457 g/mol. The van der Waals surface area contributed by atoms with E-state index in [1.54, 1.807) is 43.5 Å². The van der Waals surface area contributed by atoms with Crippen LogP contribution in [0.4, 0.5) is 10.5 Å². The predicted molar refractivity (Wildman–Crippen MR) is 123 cm³/mol. The van der Waals surface area contributed by atoms with Crippen LogP contribution in [0.3, 0.4) is 0 Å². The second kappa shape index (κ2) is 11.4. The van der Waals surface area contributed by atoms with Gasteiger partial charge in [-0.1, -0.05) is 24.3 Å². The molecular formula is C23H24N2O6S. The third kappa shape index (κ3) is 6.12. The zero-order chi connectivity index (χ0) is 22.9. The van der Waals surface area contributed by atoms with Gasteiger partial charge in [-0.25, -0.2) is 0 Å². The Morgan fingerprint density at radius 1 is 1.09 bits per heavy atom. The van der Waals surface area contributed by atoms with Crippen molar-refractivity contribution in [2.24, 2.45) is 0 Å². The highest BCUT2D eigenvalue weighted by Crippen LogP contribution is 2.34. The summed E-state index contributed by atoms with van der Waals surface area (Å²) in [6.45, 7) is 0.602. The summed E-state index contributed by atoms with van der Waals surface area (Å²) in [5.41, 5.74) is 1.35. The van der Waals surface area contributed by atoms with E-state index in [4.69, 9.17) is 14.2 Å². The second-order valence-corrected chi connectivity index (χ2v) is 7.79. The summed E-state index contributed by atoms with van der Waals surface area (Å²) in [6, 6.07) is 14.1. The Morgan fingerprint density at radius 2 is 1.88 bits per heavy atom. The Hall–Kier alpha value is -3.30. The highest BCUT2D eigenvalue weighted by molar-refractivity contribution is 8.18. The third-order valence-electron chi connectivity index (χ3n) is 4.51. The fourth-order valence-corrected chi connectivity index (χ4v) is 3.83. The lowest BCUT2D eigenvalue weighted by Gasteiger charge is -2.12. The molecule has 9 heteroatoms. The summed E-state index contributed by atoms with van der Waals surface area (Å²) in [7, 11) is 3.06. The summed E-state index contributed by atoms with van der Waals surface area (Å²) in [4.78, 5) is 38.3. The van der Waals surface area contributed by atoms with Crippen LogP contribution in [0.25, 0.3) is 6.08 Å². The Morgan fingerprint density at radius 3 is 2.59 bits per heavy atom. The molecule has 0 aromatic heterocycles. The summed E-state index contributed by atoms with van der Waals surface area (Å²) < 4.78 is 15.9. The van der Waals surface area contributed by atoms with Crippen molar-refractivity contribution in [2.45, 2.75) is 6.42 Å². The number of rotatable bonds is 10. The van der Waals surface area contributed by atoms with Crippen molar-refractivity contribution in [3.8, 4) is 11.5 Å². The molecule has 3 amide bonds. The Balaban J connectivity index is 1.64. The van der Waals surface area contributed by atoms with Crippen LogP contribution in [0.15, 0.2) is 53.4 Å². The molecule has 1 aliphatic rings. The van der Waals surface area contributed by atoms with Crippen LogP contribution in [0.2, 0.25) is 0 Å². The van der Waals surface area contributed by atoms with Crippen LogP contribution < -0.4 is 14.8 Å².